The third kappa shape index (κ3) is 4.84. The fraction of sp³-hybridized carbons (Fsp3) is 0.421. The normalized spacial score (nSPS) is 13.2. The average Bonchev–Trinajstić information content (AvgIpc) is 3.00. The van der Waals surface area contributed by atoms with E-state index in [-0.39, 0.29) is 23.7 Å². The van der Waals surface area contributed by atoms with Crippen LogP contribution in [0.25, 0.3) is 0 Å². The molecule has 0 aliphatic carbocycles. The number of aromatic nitrogens is 1. The molecule has 2 rings (SSSR count). The number of hydrogen-bond donors (Lipinski definition) is 2. The van der Waals surface area contributed by atoms with E-state index in [1.807, 2.05) is 38.1 Å². The zero-order chi connectivity index (χ0) is 19.3. The highest BCUT2D eigenvalue weighted by Gasteiger charge is 2.27. The molecular formula is C19H25N3O4. The van der Waals surface area contributed by atoms with Crippen LogP contribution in [-0.2, 0) is 9.59 Å². The number of hydrogen-bond acceptors (Lipinski definition) is 5. The second kappa shape index (κ2) is 8.51. The Morgan fingerprint density at radius 1 is 1.12 bits per heavy atom. The van der Waals surface area contributed by atoms with Gasteiger partial charge >= 0.3 is 0 Å². The number of carbonyl (C=O) groups excluding carboxylic acids is 2. The highest BCUT2D eigenvalue weighted by Crippen LogP contribution is 2.26. The van der Waals surface area contributed by atoms with Crippen molar-refractivity contribution in [1.29, 1.82) is 0 Å². The van der Waals surface area contributed by atoms with E-state index in [1.54, 1.807) is 27.0 Å². The Kier molecular flexibility index (Phi) is 6.38. The molecule has 1 heterocycles. The Morgan fingerprint density at radius 2 is 1.77 bits per heavy atom. The first kappa shape index (κ1) is 19.5. The van der Waals surface area contributed by atoms with Crippen LogP contribution >= 0.6 is 0 Å². The van der Waals surface area contributed by atoms with E-state index < -0.39 is 6.04 Å². The Morgan fingerprint density at radius 3 is 2.27 bits per heavy atom. The zero-order valence-corrected chi connectivity index (χ0v) is 15.7. The molecule has 0 fully saturated rings. The molecule has 0 saturated heterocycles. The molecule has 1 unspecified atom stereocenters. The van der Waals surface area contributed by atoms with Gasteiger partial charge in [0.1, 0.15) is 17.6 Å². The highest BCUT2D eigenvalue weighted by molar-refractivity contribution is 5.97. The van der Waals surface area contributed by atoms with Gasteiger partial charge in [0.15, 0.2) is 5.82 Å². The third-order valence-corrected chi connectivity index (χ3v) is 4.06. The zero-order valence-electron chi connectivity index (χ0n) is 15.7. The van der Waals surface area contributed by atoms with Crippen molar-refractivity contribution in [3.8, 4) is 5.75 Å². The first-order chi connectivity index (χ1) is 12.3. The number of ether oxygens (including phenoxy) is 1. The lowest BCUT2D eigenvalue weighted by atomic mass is 9.87. The van der Waals surface area contributed by atoms with Gasteiger partial charge in [0, 0.05) is 6.07 Å². The summed E-state index contributed by atoms with van der Waals surface area (Å²) in [6, 6.07) is 8.28. The molecule has 2 amide bonds. The third-order valence-electron chi connectivity index (χ3n) is 4.06. The number of anilines is 1. The molecule has 140 valence electrons. The lowest BCUT2D eigenvalue weighted by molar-refractivity contribution is -0.127. The Hall–Kier alpha value is -2.83. The summed E-state index contributed by atoms with van der Waals surface area (Å²) in [6.45, 7) is 7.30. The largest absolute Gasteiger partial charge is 0.497 e. The van der Waals surface area contributed by atoms with Crippen LogP contribution in [0.5, 0.6) is 5.75 Å². The fourth-order valence-corrected chi connectivity index (χ4v) is 2.68. The van der Waals surface area contributed by atoms with E-state index in [2.05, 4.69) is 15.8 Å². The van der Waals surface area contributed by atoms with Crippen LogP contribution in [0, 0.1) is 12.8 Å². The molecule has 7 heteroatoms. The predicted molar refractivity (Wildman–Crippen MR) is 98.0 cm³/mol. The monoisotopic (exact) mass is 359 g/mol. The molecule has 0 saturated carbocycles. The minimum Gasteiger partial charge on any atom is -0.497 e. The summed E-state index contributed by atoms with van der Waals surface area (Å²) in [6.07, 6.45) is 0. The van der Waals surface area contributed by atoms with Crippen molar-refractivity contribution in [2.45, 2.75) is 39.7 Å². The van der Waals surface area contributed by atoms with Crippen LogP contribution in [0.1, 0.15) is 38.0 Å². The van der Waals surface area contributed by atoms with Gasteiger partial charge in [-0.1, -0.05) is 31.1 Å². The van der Waals surface area contributed by atoms with Crippen molar-refractivity contribution in [3.05, 3.63) is 41.7 Å². The number of nitrogens with one attached hydrogen (secondary N) is 2. The second-order valence-corrected chi connectivity index (χ2v) is 6.54. The van der Waals surface area contributed by atoms with E-state index in [0.29, 0.717) is 11.6 Å². The minimum absolute atomic E-state index is 0.0665. The maximum Gasteiger partial charge on any atom is 0.247 e. The summed E-state index contributed by atoms with van der Waals surface area (Å²) in [5.74, 6) is 0.781. The summed E-state index contributed by atoms with van der Waals surface area (Å²) in [7, 11) is 1.60. The maximum atomic E-state index is 12.8. The van der Waals surface area contributed by atoms with Gasteiger partial charge < -0.3 is 19.9 Å². The first-order valence-corrected chi connectivity index (χ1v) is 8.50. The Bertz CT molecular complexity index is 752. The van der Waals surface area contributed by atoms with Crippen LogP contribution in [0.15, 0.2) is 34.9 Å². The number of methoxy groups -OCH3 is 1. The Labute approximate surface area is 153 Å². The average molecular weight is 359 g/mol. The van der Waals surface area contributed by atoms with Crippen molar-refractivity contribution < 1.29 is 18.8 Å². The maximum absolute atomic E-state index is 12.8. The number of carbonyl (C=O) groups is 2. The molecule has 2 aromatic rings. The minimum atomic E-state index is -0.709. The van der Waals surface area contributed by atoms with E-state index in [0.717, 1.165) is 11.3 Å². The second-order valence-electron chi connectivity index (χ2n) is 6.54. The van der Waals surface area contributed by atoms with Gasteiger partial charge in [0.25, 0.3) is 0 Å². The van der Waals surface area contributed by atoms with Crippen molar-refractivity contribution >= 4 is 17.6 Å². The van der Waals surface area contributed by atoms with Crippen LogP contribution in [-0.4, -0.2) is 30.1 Å². The lowest BCUT2D eigenvalue weighted by Crippen LogP contribution is -2.44. The van der Waals surface area contributed by atoms with Crippen LogP contribution in [0.4, 0.5) is 5.82 Å². The van der Waals surface area contributed by atoms with Gasteiger partial charge in [0.2, 0.25) is 11.8 Å². The number of amides is 2. The first-order valence-electron chi connectivity index (χ1n) is 8.50. The standard InChI is InChI=1S/C19H25N3O4/c1-11(2)17(14-6-8-15(25-5)9-7-14)19(24)20-13(4)18(23)21-16-10-12(3)26-22-16/h6-11,13,17H,1-5H3,(H,20,24)(H,21,22,23)/t13-,17?/m0/s1. The predicted octanol–water partition coefficient (Wildman–Crippen LogP) is 2.87. The number of rotatable bonds is 7. The van der Waals surface area contributed by atoms with Crippen molar-refractivity contribution in [1.82, 2.24) is 10.5 Å². The summed E-state index contributed by atoms with van der Waals surface area (Å²) in [4.78, 5) is 25.0. The van der Waals surface area contributed by atoms with Crippen LogP contribution in [0.3, 0.4) is 0 Å². The SMILES string of the molecule is COc1ccc(C(C(=O)N[C@@H](C)C(=O)Nc2cc(C)on2)C(C)C)cc1. The van der Waals surface area contributed by atoms with Crippen molar-refractivity contribution in [2.75, 3.05) is 12.4 Å². The fourth-order valence-electron chi connectivity index (χ4n) is 2.68. The van der Waals surface area contributed by atoms with Gasteiger partial charge in [-0.3, -0.25) is 9.59 Å². The molecular weight excluding hydrogens is 334 g/mol. The topological polar surface area (TPSA) is 93.5 Å². The molecule has 0 aliphatic rings. The van der Waals surface area contributed by atoms with Gasteiger partial charge in [-0.15, -0.1) is 0 Å². The number of benzene rings is 1. The van der Waals surface area contributed by atoms with E-state index in [4.69, 9.17) is 9.26 Å². The summed E-state index contributed by atoms with van der Waals surface area (Å²) in [5.41, 5.74) is 0.873. The Balaban J connectivity index is 2.04. The molecule has 2 N–H and O–H groups in total. The highest BCUT2D eigenvalue weighted by atomic mass is 16.5. The quantitative estimate of drug-likeness (QED) is 0.793. The molecule has 0 radical (unpaired) electrons. The van der Waals surface area contributed by atoms with E-state index >= 15 is 0 Å². The molecule has 1 aromatic carbocycles. The number of aryl methyl sites for hydroxylation is 1. The molecule has 0 spiro atoms. The lowest BCUT2D eigenvalue weighted by Gasteiger charge is -2.23. The van der Waals surface area contributed by atoms with Gasteiger partial charge in [0.05, 0.1) is 13.0 Å². The molecule has 7 nitrogen and oxygen atoms in total. The van der Waals surface area contributed by atoms with Gasteiger partial charge in [-0.2, -0.15) is 0 Å². The molecule has 26 heavy (non-hydrogen) atoms. The summed E-state index contributed by atoms with van der Waals surface area (Å²) >= 11 is 0. The summed E-state index contributed by atoms with van der Waals surface area (Å²) in [5, 5.41) is 9.10. The summed E-state index contributed by atoms with van der Waals surface area (Å²) < 4.78 is 10.1. The van der Waals surface area contributed by atoms with Crippen LogP contribution in [0.2, 0.25) is 0 Å². The van der Waals surface area contributed by atoms with Crippen LogP contribution < -0.4 is 15.4 Å². The molecule has 2 atom stereocenters. The van der Waals surface area contributed by atoms with Crippen molar-refractivity contribution in [3.63, 3.8) is 0 Å². The van der Waals surface area contributed by atoms with Crippen molar-refractivity contribution in [2.24, 2.45) is 5.92 Å². The molecule has 0 aliphatic heterocycles. The van der Waals surface area contributed by atoms with Gasteiger partial charge in [-0.25, -0.2) is 0 Å². The number of nitrogens with zero attached hydrogens (tertiary/aromatic N) is 1. The van der Waals surface area contributed by atoms with E-state index in [9.17, 15) is 9.59 Å². The smallest absolute Gasteiger partial charge is 0.247 e. The molecule has 1 aromatic heterocycles. The van der Waals surface area contributed by atoms with E-state index in [1.165, 1.54) is 0 Å². The molecule has 0 bridgehead atoms. The van der Waals surface area contributed by atoms with Gasteiger partial charge in [-0.05, 0) is 37.5 Å².